The number of likely N-dealkylation sites (N-methyl/N-ethyl adjacent to an activating group) is 1. The average Bonchev–Trinajstić information content (AvgIpc) is 2.98. The molecule has 19 heavy (non-hydrogen) atoms. The van der Waals surface area contributed by atoms with Crippen molar-refractivity contribution in [2.75, 3.05) is 13.6 Å². The minimum absolute atomic E-state index is 0.0777. The van der Waals surface area contributed by atoms with Crippen LogP contribution in [0.15, 0.2) is 43.1 Å². The van der Waals surface area contributed by atoms with Crippen molar-refractivity contribution < 1.29 is 4.79 Å². The zero-order valence-corrected chi connectivity index (χ0v) is 11.2. The molecule has 0 saturated heterocycles. The van der Waals surface area contributed by atoms with Gasteiger partial charge in [0.05, 0.1) is 6.33 Å². The fourth-order valence-corrected chi connectivity index (χ4v) is 1.88. The lowest BCUT2D eigenvalue weighted by Gasteiger charge is -2.21. The number of carbonyl (C=O) groups is 1. The van der Waals surface area contributed by atoms with E-state index in [0.29, 0.717) is 6.54 Å². The second kappa shape index (κ2) is 6.13. The highest BCUT2D eigenvalue weighted by Gasteiger charge is 2.18. The molecule has 0 spiro atoms. The lowest BCUT2D eigenvalue weighted by Crippen LogP contribution is -2.34. The molecular formula is C14H18N4O. The number of rotatable bonds is 5. The maximum Gasteiger partial charge on any atom is 0.245 e. The quantitative estimate of drug-likeness (QED) is 0.817. The topological polar surface area (TPSA) is 51.0 Å². The molecule has 0 unspecified atom stereocenters. The van der Waals surface area contributed by atoms with Crippen molar-refractivity contribution in [3.63, 3.8) is 0 Å². The van der Waals surface area contributed by atoms with Crippen LogP contribution >= 0.6 is 0 Å². The first-order valence-corrected chi connectivity index (χ1v) is 6.31. The van der Waals surface area contributed by atoms with Crippen molar-refractivity contribution in [2.45, 2.75) is 19.4 Å². The summed E-state index contributed by atoms with van der Waals surface area (Å²) in [5.74, 6) is 0.0777. The van der Waals surface area contributed by atoms with Crippen LogP contribution in [0.4, 0.5) is 0 Å². The van der Waals surface area contributed by atoms with Crippen LogP contribution in [0.5, 0.6) is 0 Å². The van der Waals surface area contributed by atoms with Gasteiger partial charge in [-0.05, 0) is 19.1 Å². The van der Waals surface area contributed by atoms with Gasteiger partial charge >= 0.3 is 0 Å². The van der Waals surface area contributed by atoms with E-state index in [1.54, 1.807) is 34.4 Å². The molecule has 5 heteroatoms. The molecule has 0 fully saturated rings. The molecule has 2 heterocycles. The Kier molecular flexibility index (Phi) is 4.28. The van der Waals surface area contributed by atoms with Gasteiger partial charge in [0.25, 0.3) is 0 Å². The number of nitrogens with zero attached hydrogens (tertiary/aromatic N) is 4. The molecule has 2 aromatic rings. The van der Waals surface area contributed by atoms with Crippen LogP contribution in [0.25, 0.3) is 0 Å². The number of pyridine rings is 1. The van der Waals surface area contributed by atoms with Crippen LogP contribution in [-0.4, -0.2) is 38.9 Å². The van der Waals surface area contributed by atoms with Gasteiger partial charge in [0, 0.05) is 44.3 Å². The predicted molar refractivity (Wildman–Crippen MR) is 72.5 cm³/mol. The summed E-state index contributed by atoms with van der Waals surface area (Å²) in [4.78, 5) is 22.2. The highest BCUT2D eigenvalue weighted by molar-refractivity contribution is 5.79. The van der Waals surface area contributed by atoms with Crippen LogP contribution in [0.2, 0.25) is 0 Å². The van der Waals surface area contributed by atoms with E-state index in [4.69, 9.17) is 0 Å². The normalized spacial score (nSPS) is 12.1. The Morgan fingerprint density at radius 2 is 2.26 bits per heavy atom. The van der Waals surface area contributed by atoms with Gasteiger partial charge in [-0.25, -0.2) is 4.98 Å². The Hall–Kier alpha value is -2.17. The van der Waals surface area contributed by atoms with Crippen molar-refractivity contribution >= 4 is 5.91 Å². The van der Waals surface area contributed by atoms with Gasteiger partial charge in [-0.15, -0.1) is 0 Å². The van der Waals surface area contributed by atoms with Crippen LogP contribution < -0.4 is 0 Å². The molecule has 5 nitrogen and oxygen atoms in total. The summed E-state index contributed by atoms with van der Waals surface area (Å²) in [5.41, 5.74) is 0.998. The second-order valence-electron chi connectivity index (χ2n) is 4.52. The molecule has 2 rings (SSSR count). The molecule has 0 N–H and O–H groups in total. The smallest absolute Gasteiger partial charge is 0.245 e. The van der Waals surface area contributed by atoms with Gasteiger partial charge in [0.2, 0.25) is 5.91 Å². The Morgan fingerprint density at radius 3 is 2.89 bits per heavy atom. The maximum atomic E-state index is 12.2. The average molecular weight is 258 g/mol. The first-order chi connectivity index (χ1) is 9.18. The van der Waals surface area contributed by atoms with Crippen molar-refractivity contribution in [2.24, 2.45) is 0 Å². The number of aromatic nitrogens is 3. The highest BCUT2D eigenvalue weighted by Crippen LogP contribution is 2.08. The number of hydrogen-bond donors (Lipinski definition) is 0. The first kappa shape index (κ1) is 13.3. The third kappa shape index (κ3) is 3.40. The number of imidazole rings is 1. The van der Waals surface area contributed by atoms with E-state index < -0.39 is 0 Å². The molecule has 100 valence electrons. The van der Waals surface area contributed by atoms with Crippen LogP contribution in [0.3, 0.4) is 0 Å². The van der Waals surface area contributed by atoms with Gasteiger partial charge in [-0.3, -0.25) is 9.78 Å². The second-order valence-corrected chi connectivity index (χ2v) is 4.52. The van der Waals surface area contributed by atoms with E-state index in [9.17, 15) is 4.79 Å². The van der Waals surface area contributed by atoms with Crippen molar-refractivity contribution in [3.05, 3.63) is 48.8 Å². The van der Waals surface area contributed by atoms with Gasteiger partial charge in [0.1, 0.15) is 6.04 Å². The summed E-state index contributed by atoms with van der Waals surface area (Å²) >= 11 is 0. The third-order valence-electron chi connectivity index (χ3n) is 3.14. The number of carbonyl (C=O) groups excluding carboxylic acids is 1. The Morgan fingerprint density at radius 1 is 1.42 bits per heavy atom. The summed E-state index contributed by atoms with van der Waals surface area (Å²) in [6.07, 6.45) is 7.67. The van der Waals surface area contributed by atoms with Crippen molar-refractivity contribution in [1.29, 1.82) is 0 Å². The summed E-state index contributed by atoms with van der Waals surface area (Å²) < 4.78 is 1.81. The molecule has 1 atom stereocenters. The fourth-order valence-electron chi connectivity index (χ4n) is 1.88. The molecule has 0 saturated carbocycles. The van der Waals surface area contributed by atoms with E-state index in [1.807, 2.05) is 32.2 Å². The third-order valence-corrected chi connectivity index (χ3v) is 3.14. The summed E-state index contributed by atoms with van der Waals surface area (Å²) in [6.45, 7) is 2.54. The highest BCUT2D eigenvalue weighted by atomic mass is 16.2. The minimum Gasteiger partial charge on any atom is -0.344 e. The molecule has 0 aliphatic heterocycles. The van der Waals surface area contributed by atoms with Gasteiger partial charge in [-0.2, -0.15) is 0 Å². The SMILES string of the molecule is C[C@H](C(=O)N(C)CCc1ccccn1)n1ccnc1. The summed E-state index contributed by atoms with van der Waals surface area (Å²) in [5, 5.41) is 0. The predicted octanol–water partition coefficient (Wildman–Crippen LogP) is 1.54. The monoisotopic (exact) mass is 258 g/mol. The zero-order valence-electron chi connectivity index (χ0n) is 11.2. The molecule has 1 amide bonds. The van der Waals surface area contributed by atoms with E-state index in [-0.39, 0.29) is 11.9 Å². The minimum atomic E-state index is -0.226. The van der Waals surface area contributed by atoms with Gasteiger partial charge in [0.15, 0.2) is 0 Å². The van der Waals surface area contributed by atoms with Crippen LogP contribution in [-0.2, 0) is 11.2 Å². The molecule has 2 aromatic heterocycles. The summed E-state index contributed by atoms with van der Waals surface area (Å²) in [7, 11) is 1.82. The molecule has 0 aromatic carbocycles. The zero-order chi connectivity index (χ0) is 13.7. The van der Waals surface area contributed by atoms with Crippen molar-refractivity contribution in [3.8, 4) is 0 Å². The van der Waals surface area contributed by atoms with Crippen molar-refractivity contribution in [1.82, 2.24) is 19.4 Å². The molecular weight excluding hydrogens is 240 g/mol. The van der Waals surface area contributed by atoms with Gasteiger partial charge < -0.3 is 9.47 Å². The lowest BCUT2D eigenvalue weighted by molar-refractivity contribution is -0.132. The van der Waals surface area contributed by atoms with E-state index in [1.165, 1.54) is 0 Å². The van der Waals surface area contributed by atoms with E-state index in [0.717, 1.165) is 12.1 Å². The standard InChI is InChI=1S/C14H18N4O/c1-12(18-10-8-15-11-18)14(19)17(2)9-6-13-5-3-4-7-16-13/h3-5,7-8,10-12H,6,9H2,1-2H3/t12-/m1/s1. The van der Waals surface area contributed by atoms with E-state index in [2.05, 4.69) is 9.97 Å². The number of amides is 1. The van der Waals surface area contributed by atoms with Crippen LogP contribution in [0.1, 0.15) is 18.7 Å². The first-order valence-electron chi connectivity index (χ1n) is 6.31. The summed E-state index contributed by atoms with van der Waals surface area (Å²) in [6, 6.07) is 5.59. The molecule has 0 aliphatic carbocycles. The van der Waals surface area contributed by atoms with Gasteiger partial charge in [-0.1, -0.05) is 6.07 Å². The largest absolute Gasteiger partial charge is 0.344 e. The Bertz CT molecular complexity index is 510. The number of hydrogen-bond acceptors (Lipinski definition) is 3. The van der Waals surface area contributed by atoms with E-state index >= 15 is 0 Å². The maximum absolute atomic E-state index is 12.2. The van der Waals surface area contributed by atoms with Crippen LogP contribution in [0, 0.1) is 0 Å². The Balaban J connectivity index is 1.89. The fraction of sp³-hybridized carbons (Fsp3) is 0.357. The molecule has 0 bridgehead atoms. The lowest BCUT2D eigenvalue weighted by atomic mass is 10.2. The molecule has 0 radical (unpaired) electrons. The Labute approximate surface area is 112 Å². The molecule has 0 aliphatic rings.